The van der Waals surface area contributed by atoms with Gasteiger partial charge in [-0.2, -0.15) is 5.10 Å². The van der Waals surface area contributed by atoms with Gasteiger partial charge in [0.2, 0.25) is 5.91 Å². The number of anilines is 1. The molecule has 2 aromatic heterocycles. The van der Waals surface area contributed by atoms with Crippen molar-refractivity contribution in [3.63, 3.8) is 0 Å². The van der Waals surface area contributed by atoms with Crippen LogP contribution in [0.15, 0.2) is 6.07 Å². The Labute approximate surface area is 163 Å². The summed E-state index contributed by atoms with van der Waals surface area (Å²) in [4.78, 5) is 26.6. The Balaban J connectivity index is 1.83. The first-order chi connectivity index (χ1) is 12.9. The maximum atomic E-state index is 12.8. The van der Waals surface area contributed by atoms with Crippen LogP contribution in [-0.2, 0) is 28.9 Å². The minimum atomic E-state index is -0.329. The number of thiophene rings is 1. The van der Waals surface area contributed by atoms with Crippen molar-refractivity contribution in [1.82, 2.24) is 9.78 Å². The van der Waals surface area contributed by atoms with Crippen molar-refractivity contribution in [3.05, 3.63) is 33.5 Å². The highest BCUT2D eigenvalue weighted by Gasteiger charge is 2.28. The molecule has 1 aliphatic rings. The molecule has 2 aromatic rings. The van der Waals surface area contributed by atoms with E-state index in [-0.39, 0.29) is 24.5 Å². The predicted molar refractivity (Wildman–Crippen MR) is 106 cm³/mol. The van der Waals surface area contributed by atoms with E-state index in [1.54, 1.807) is 4.68 Å². The first kappa shape index (κ1) is 19.6. The summed E-state index contributed by atoms with van der Waals surface area (Å²) in [6.07, 6.45) is 4.62. The van der Waals surface area contributed by atoms with Crippen LogP contribution >= 0.6 is 11.3 Å². The van der Waals surface area contributed by atoms with E-state index in [4.69, 9.17) is 4.74 Å². The van der Waals surface area contributed by atoms with E-state index in [0.717, 1.165) is 49.1 Å². The minimum absolute atomic E-state index is 0.127. The van der Waals surface area contributed by atoms with E-state index in [9.17, 15) is 9.59 Å². The van der Waals surface area contributed by atoms with E-state index in [2.05, 4.69) is 10.4 Å². The van der Waals surface area contributed by atoms with E-state index >= 15 is 0 Å². The summed E-state index contributed by atoms with van der Waals surface area (Å²) in [5.74, 6) is -0.512. The molecule has 3 rings (SSSR count). The summed E-state index contributed by atoms with van der Waals surface area (Å²) in [7, 11) is 0. The SMILES string of the molecule is CCC(C)OC(=O)c1c(NC(=O)Cn2nc(C)cc2C)sc2c1CCCC2. The molecule has 1 aliphatic carbocycles. The number of carbonyl (C=O) groups is 2. The number of esters is 1. The molecule has 0 bridgehead atoms. The lowest BCUT2D eigenvalue weighted by Crippen LogP contribution is -2.22. The molecule has 7 heteroatoms. The van der Waals surface area contributed by atoms with Crippen LogP contribution in [0.5, 0.6) is 0 Å². The fourth-order valence-corrected chi connectivity index (χ4v) is 4.63. The van der Waals surface area contributed by atoms with Crippen LogP contribution in [0.2, 0.25) is 0 Å². The lowest BCUT2D eigenvalue weighted by molar-refractivity contribution is -0.116. The maximum Gasteiger partial charge on any atom is 0.341 e. The van der Waals surface area contributed by atoms with E-state index in [1.165, 1.54) is 16.2 Å². The minimum Gasteiger partial charge on any atom is -0.459 e. The Kier molecular flexibility index (Phi) is 5.99. The summed E-state index contributed by atoms with van der Waals surface area (Å²) in [6.45, 7) is 7.82. The molecule has 0 radical (unpaired) electrons. The molecular weight excluding hydrogens is 362 g/mol. The van der Waals surface area contributed by atoms with Gasteiger partial charge in [0.1, 0.15) is 11.5 Å². The molecule has 0 aromatic carbocycles. The van der Waals surface area contributed by atoms with E-state index < -0.39 is 0 Å². The lowest BCUT2D eigenvalue weighted by Gasteiger charge is -2.15. The Morgan fingerprint density at radius 2 is 2.07 bits per heavy atom. The highest BCUT2D eigenvalue weighted by molar-refractivity contribution is 7.17. The van der Waals surface area contributed by atoms with Crippen molar-refractivity contribution in [3.8, 4) is 0 Å². The number of hydrogen-bond donors (Lipinski definition) is 1. The van der Waals surface area contributed by atoms with Crippen LogP contribution in [0, 0.1) is 13.8 Å². The van der Waals surface area contributed by atoms with Gasteiger partial charge in [0.15, 0.2) is 0 Å². The second kappa shape index (κ2) is 8.25. The standard InChI is InChI=1S/C20H27N3O3S/c1-5-14(4)26-20(25)18-15-8-6-7-9-16(15)27-19(18)21-17(24)11-23-13(3)10-12(2)22-23/h10,14H,5-9,11H2,1-4H3,(H,21,24). The fourth-order valence-electron chi connectivity index (χ4n) is 3.33. The number of nitrogens with zero attached hydrogens (tertiary/aromatic N) is 2. The first-order valence-electron chi connectivity index (χ1n) is 9.55. The van der Waals surface area contributed by atoms with Gasteiger partial charge in [0.25, 0.3) is 0 Å². The fraction of sp³-hybridized carbons (Fsp3) is 0.550. The van der Waals surface area contributed by atoms with Gasteiger partial charge in [-0.1, -0.05) is 6.92 Å². The quantitative estimate of drug-likeness (QED) is 0.757. The van der Waals surface area contributed by atoms with Crippen molar-refractivity contribution >= 4 is 28.2 Å². The molecule has 0 saturated heterocycles. The summed E-state index contributed by atoms with van der Waals surface area (Å²) >= 11 is 1.51. The molecule has 1 atom stereocenters. The Hall–Kier alpha value is -2.15. The zero-order valence-electron chi connectivity index (χ0n) is 16.4. The largest absolute Gasteiger partial charge is 0.459 e. The summed E-state index contributed by atoms with van der Waals surface area (Å²) in [6, 6.07) is 1.94. The Bertz CT molecular complexity index is 853. The molecule has 0 saturated carbocycles. The smallest absolute Gasteiger partial charge is 0.341 e. The van der Waals surface area contributed by atoms with Gasteiger partial charge in [-0.3, -0.25) is 9.48 Å². The van der Waals surface area contributed by atoms with Crippen LogP contribution in [0.3, 0.4) is 0 Å². The average Bonchev–Trinajstić information content (AvgIpc) is 3.13. The second-order valence-electron chi connectivity index (χ2n) is 7.17. The van der Waals surface area contributed by atoms with Gasteiger partial charge >= 0.3 is 5.97 Å². The number of ether oxygens (including phenoxy) is 1. The van der Waals surface area contributed by atoms with Crippen molar-refractivity contribution in [2.75, 3.05) is 5.32 Å². The molecule has 2 heterocycles. The molecule has 1 unspecified atom stereocenters. The van der Waals surface area contributed by atoms with Crippen molar-refractivity contribution in [2.45, 2.75) is 72.4 Å². The predicted octanol–water partition coefficient (Wildman–Crippen LogP) is 4.03. The third-order valence-electron chi connectivity index (χ3n) is 4.91. The maximum absolute atomic E-state index is 12.8. The highest BCUT2D eigenvalue weighted by atomic mass is 32.1. The van der Waals surface area contributed by atoms with Crippen LogP contribution in [0.1, 0.15) is 65.3 Å². The van der Waals surface area contributed by atoms with Gasteiger partial charge in [-0.15, -0.1) is 11.3 Å². The van der Waals surface area contributed by atoms with Crippen LogP contribution in [0.4, 0.5) is 5.00 Å². The van der Waals surface area contributed by atoms with Gasteiger partial charge in [-0.25, -0.2) is 4.79 Å². The van der Waals surface area contributed by atoms with Gasteiger partial charge in [0.05, 0.1) is 17.4 Å². The number of aryl methyl sites for hydroxylation is 3. The van der Waals surface area contributed by atoms with E-state index in [1.807, 2.05) is 33.8 Å². The van der Waals surface area contributed by atoms with Crippen LogP contribution in [-0.4, -0.2) is 27.8 Å². The number of rotatable bonds is 6. The third-order valence-corrected chi connectivity index (χ3v) is 6.12. The van der Waals surface area contributed by atoms with Crippen molar-refractivity contribution in [1.29, 1.82) is 0 Å². The number of aromatic nitrogens is 2. The van der Waals surface area contributed by atoms with Crippen LogP contribution < -0.4 is 5.32 Å². The molecule has 146 valence electrons. The number of carbonyl (C=O) groups excluding carboxylic acids is 2. The summed E-state index contributed by atoms with van der Waals surface area (Å²) in [5, 5.41) is 7.89. The summed E-state index contributed by atoms with van der Waals surface area (Å²) in [5.41, 5.74) is 3.42. The van der Waals surface area contributed by atoms with Gasteiger partial charge < -0.3 is 10.1 Å². The molecular formula is C20H27N3O3S. The topological polar surface area (TPSA) is 73.2 Å². The molecule has 0 spiro atoms. The zero-order chi connectivity index (χ0) is 19.6. The third kappa shape index (κ3) is 4.40. The van der Waals surface area contributed by atoms with Gasteiger partial charge in [0, 0.05) is 10.6 Å². The molecule has 0 aliphatic heterocycles. The number of nitrogens with one attached hydrogen (secondary N) is 1. The normalized spacial score (nSPS) is 14.5. The number of fused-ring (bicyclic) bond motifs is 1. The van der Waals surface area contributed by atoms with Crippen molar-refractivity contribution < 1.29 is 14.3 Å². The van der Waals surface area contributed by atoms with E-state index in [0.29, 0.717) is 10.6 Å². The van der Waals surface area contributed by atoms with Crippen molar-refractivity contribution in [2.24, 2.45) is 0 Å². The second-order valence-corrected chi connectivity index (χ2v) is 8.28. The summed E-state index contributed by atoms with van der Waals surface area (Å²) < 4.78 is 7.25. The number of amides is 1. The molecule has 6 nitrogen and oxygen atoms in total. The molecule has 1 amide bonds. The van der Waals surface area contributed by atoms with Crippen LogP contribution in [0.25, 0.3) is 0 Å². The molecule has 0 fully saturated rings. The monoisotopic (exact) mass is 389 g/mol. The average molecular weight is 390 g/mol. The lowest BCUT2D eigenvalue weighted by atomic mass is 9.95. The first-order valence-corrected chi connectivity index (χ1v) is 10.4. The highest BCUT2D eigenvalue weighted by Crippen LogP contribution is 2.38. The Morgan fingerprint density at radius 1 is 1.33 bits per heavy atom. The molecule has 27 heavy (non-hydrogen) atoms. The number of hydrogen-bond acceptors (Lipinski definition) is 5. The molecule has 1 N–H and O–H groups in total. The zero-order valence-corrected chi connectivity index (χ0v) is 17.2. The Morgan fingerprint density at radius 3 is 2.74 bits per heavy atom. The van der Waals surface area contributed by atoms with Gasteiger partial charge in [-0.05, 0) is 64.5 Å².